The first-order valence-electron chi connectivity index (χ1n) is 9.73. The standard InChI is InChI=1S/C22H26N2O3S/c1-22(2,3)19-13-28-21(23-19)16-8-10-24(11-9-16)20(25)7-5-15-4-6-17-18(12-15)27-14-26-17/h4-7,12-13,16H,8-11,14H2,1-3H3/b7-5+. The van der Waals surface area contributed by atoms with Crippen molar-refractivity contribution in [2.75, 3.05) is 19.9 Å². The maximum absolute atomic E-state index is 12.6. The van der Waals surface area contributed by atoms with Crippen molar-refractivity contribution in [2.24, 2.45) is 0 Å². The molecule has 0 unspecified atom stereocenters. The molecule has 2 aromatic rings. The third-order valence-electron chi connectivity index (χ3n) is 5.26. The van der Waals surface area contributed by atoms with Gasteiger partial charge in [0.25, 0.3) is 0 Å². The van der Waals surface area contributed by atoms with E-state index in [0.29, 0.717) is 5.92 Å². The summed E-state index contributed by atoms with van der Waals surface area (Å²) in [5.41, 5.74) is 2.19. The smallest absolute Gasteiger partial charge is 0.246 e. The summed E-state index contributed by atoms with van der Waals surface area (Å²) in [5.74, 6) is 2.00. The van der Waals surface area contributed by atoms with Crippen molar-refractivity contribution in [3.8, 4) is 11.5 Å². The number of carbonyl (C=O) groups excluding carboxylic acids is 1. The van der Waals surface area contributed by atoms with Gasteiger partial charge in [-0.05, 0) is 36.6 Å². The average molecular weight is 399 g/mol. The van der Waals surface area contributed by atoms with Crippen LogP contribution < -0.4 is 9.47 Å². The maximum atomic E-state index is 12.6. The summed E-state index contributed by atoms with van der Waals surface area (Å²) in [5, 5.41) is 3.40. The van der Waals surface area contributed by atoms with E-state index in [4.69, 9.17) is 14.5 Å². The van der Waals surface area contributed by atoms with Crippen molar-refractivity contribution in [1.82, 2.24) is 9.88 Å². The number of hydrogen-bond acceptors (Lipinski definition) is 5. The molecular weight excluding hydrogens is 372 g/mol. The molecule has 2 aliphatic heterocycles. The minimum atomic E-state index is 0.0608. The van der Waals surface area contributed by atoms with E-state index in [-0.39, 0.29) is 18.1 Å². The van der Waals surface area contributed by atoms with E-state index < -0.39 is 0 Å². The summed E-state index contributed by atoms with van der Waals surface area (Å²) in [6.07, 6.45) is 5.44. The molecule has 3 heterocycles. The largest absolute Gasteiger partial charge is 0.454 e. The van der Waals surface area contributed by atoms with E-state index in [0.717, 1.165) is 48.7 Å². The first kappa shape index (κ1) is 19.0. The molecule has 28 heavy (non-hydrogen) atoms. The van der Waals surface area contributed by atoms with Crippen molar-refractivity contribution < 1.29 is 14.3 Å². The van der Waals surface area contributed by atoms with Crippen LogP contribution >= 0.6 is 11.3 Å². The van der Waals surface area contributed by atoms with E-state index in [1.165, 1.54) is 5.01 Å². The van der Waals surface area contributed by atoms with Crippen LogP contribution in [0.1, 0.15) is 55.8 Å². The number of amides is 1. The Hall–Kier alpha value is -2.34. The highest BCUT2D eigenvalue weighted by atomic mass is 32.1. The van der Waals surface area contributed by atoms with Gasteiger partial charge >= 0.3 is 0 Å². The van der Waals surface area contributed by atoms with Crippen LogP contribution in [0, 0.1) is 0 Å². The molecule has 0 saturated carbocycles. The van der Waals surface area contributed by atoms with Crippen LogP contribution in [0.5, 0.6) is 11.5 Å². The number of nitrogens with zero attached hydrogens (tertiary/aromatic N) is 2. The van der Waals surface area contributed by atoms with Crippen LogP contribution in [0.3, 0.4) is 0 Å². The number of likely N-dealkylation sites (tertiary alicyclic amines) is 1. The predicted molar refractivity (Wildman–Crippen MR) is 111 cm³/mol. The van der Waals surface area contributed by atoms with E-state index in [1.54, 1.807) is 17.4 Å². The maximum Gasteiger partial charge on any atom is 0.246 e. The molecule has 4 rings (SSSR count). The van der Waals surface area contributed by atoms with Crippen LogP contribution in [0.15, 0.2) is 29.7 Å². The summed E-state index contributed by atoms with van der Waals surface area (Å²) in [7, 11) is 0. The summed E-state index contributed by atoms with van der Waals surface area (Å²) < 4.78 is 10.7. The number of fused-ring (bicyclic) bond motifs is 1. The molecule has 5 nitrogen and oxygen atoms in total. The molecule has 1 fully saturated rings. The Labute approximate surface area is 170 Å². The zero-order valence-electron chi connectivity index (χ0n) is 16.6. The number of rotatable bonds is 3. The number of carbonyl (C=O) groups is 1. The highest BCUT2D eigenvalue weighted by molar-refractivity contribution is 7.09. The Morgan fingerprint density at radius 2 is 1.96 bits per heavy atom. The summed E-state index contributed by atoms with van der Waals surface area (Å²) in [6, 6.07) is 5.70. The number of thiazole rings is 1. The first-order valence-corrected chi connectivity index (χ1v) is 10.6. The van der Waals surface area contributed by atoms with Crippen LogP contribution in [-0.2, 0) is 10.2 Å². The first-order chi connectivity index (χ1) is 13.4. The average Bonchev–Trinajstić information content (AvgIpc) is 3.35. The van der Waals surface area contributed by atoms with Gasteiger partial charge in [-0.2, -0.15) is 0 Å². The van der Waals surface area contributed by atoms with Crippen LogP contribution in [0.25, 0.3) is 6.08 Å². The van der Waals surface area contributed by atoms with E-state index in [9.17, 15) is 4.79 Å². The molecule has 0 bridgehead atoms. The topological polar surface area (TPSA) is 51.7 Å². The Kier molecular flexibility index (Phi) is 5.15. The van der Waals surface area contributed by atoms with Crippen molar-refractivity contribution in [2.45, 2.75) is 44.9 Å². The third-order valence-corrected chi connectivity index (χ3v) is 6.27. The summed E-state index contributed by atoms with van der Waals surface area (Å²) >= 11 is 1.76. The minimum absolute atomic E-state index is 0.0608. The number of hydrogen-bond donors (Lipinski definition) is 0. The zero-order valence-corrected chi connectivity index (χ0v) is 17.4. The minimum Gasteiger partial charge on any atom is -0.454 e. The van der Waals surface area contributed by atoms with Crippen LogP contribution in [0.2, 0.25) is 0 Å². The molecule has 1 saturated heterocycles. The number of ether oxygens (including phenoxy) is 2. The second-order valence-corrected chi connectivity index (χ2v) is 9.26. The fourth-order valence-corrected chi connectivity index (χ4v) is 4.67. The Morgan fingerprint density at radius 3 is 2.68 bits per heavy atom. The summed E-state index contributed by atoms with van der Waals surface area (Å²) in [6.45, 7) is 8.39. The lowest BCUT2D eigenvalue weighted by molar-refractivity contribution is -0.126. The third kappa shape index (κ3) is 4.07. The molecule has 0 radical (unpaired) electrons. The van der Waals surface area contributed by atoms with Crippen LogP contribution in [-0.4, -0.2) is 35.7 Å². The number of piperidine rings is 1. The molecule has 0 atom stereocenters. The second-order valence-electron chi connectivity index (χ2n) is 8.37. The molecule has 1 aromatic carbocycles. The normalized spacial score (nSPS) is 17.5. The molecular formula is C22H26N2O3S. The zero-order chi connectivity index (χ0) is 19.7. The molecule has 6 heteroatoms. The van der Waals surface area contributed by atoms with Crippen LogP contribution in [0.4, 0.5) is 0 Å². The Morgan fingerprint density at radius 1 is 1.21 bits per heavy atom. The van der Waals surface area contributed by atoms with Gasteiger partial charge in [-0.1, -0.05) is 26.8 Å². The van der Waals surface area contributed by atoms with Gasteiger partial charge in [0.15, 0.2) is 11.5 Å². The van der Waals surface area contributed by atoms with E-state index in [1.807, 2.05) is 29.2 Å². The number of aromatic nitrogens is 1. The monoisotopic (exact) mass is 398 g/mol. The quantitative estimate of drug-likeness (QED) is 0.710. The highest BCUT2D eigenvalue weighted by Gasteiger charge is 2.26. The second kappa shape index (κ2) is 7.59. The molecule has 0 N–H and O–H groups in total. The van der Waals surface area contributed by atoms with E-state index >= 15 is 0 Å². The molecule has 148 valence electrons. The lowest BCUT2D eigenvalue weighted by Crippen LogP contribution is -2.36. The van der Waals surface area contributed by atoms with Gasteiger partial charge in [-0.25, -0.2) is 4.98 Å². The molecule has 0 aliphatic carbocycles. The molecule has 2 aliphatic rings. The fraction of sp³-hybridized carbons (Fsp3) is 0.455. The predicted octanol–water partition coefficient (Wildman–Crippen LogP) is 4.59. The fourth-order valence-electron chi connectivity index (χ4n) is 3.46. The molecule has 1 amide bonds. The van der Waals surface area contributed by atoms with Gasteiger partial charge in [0, 0.05) is 35.9 Å². The lowest BCUT2D eigenvalue weighted by atomic mass is 9.93. The van der Waals surface area contributed by atoms with Gasteiger partial charge in [0.05, 0.1) is 10.7 Å². The van der Waals surface area contributed by atoms with Gasteiger partial charge in [-0.3, -0.25) is 4.79 Å². The summed E-state index contributed by atoms with van der Waals surface area (Å²) in [4.78, 5) is 19.3. The van der Waals surface area contributed by atoms with Crippen molar-refractivity contribution >= 4 is 23.3 Å². The molecule has 1 aromatic heterocycles. The highest BCUT2D eigenvalue weighted by Crippen LogP contribution is 2.34. The van der Waals surface area contributed by atoms with Gasteiger partial charge < -0.3 is 14.4 Å². The van der Waals surface area contributed by atoms with Crippen molar-refractivity contribution in [3.05, 3.63) is 45.9 Å². The van der Waals surface area contributed by atoms with Crippen molar-refractivity contribution in [1.29, 1.82) is 0 Å². The van der Waals surface area contributed by atoms with Gasteiger partial charge in [0.2, 0.25) is 12.7 Å². The Bertz CT molecular complexity index is 889. The number of benzene rings is 1. The van der Waals surface area contributed by atoms with Gasteiger partial charge in [0.1, 0.15) is 0 Å². The Balaban J connectivity index is 1.33. The lowest BCUT2D eigenvalue weighted by Gasteiger charge is -2.30. The SMILES string of the molecule is CC(C)(C)c1csc(C2CCN(C(=O)/C=C/c3ccc4c(c3)OCO4)CC2)n1. The van der Waals surface area contributed by atoms with E-state index in [2.05, 4.69) is 26.2 Å². The molecule has 0 spiro atoms. The van der Waals surface area contributed by atoms with Gasteiger partial charge in [-0.15, -0.1) is 11.3 Å². The van der Waals surface area contributed by atoms with Crippen molar-refractivity contribution in [3.63, 3.8) is 0 Å².